The van der Waals surface area contributed by atoms with Gasteiger partial charge in [0.2, 0.25) is 11.8 Å². The van der Waals surface area contributed by atoms with Crippen molar-refractivity contribution in [3.63, 3.8) is 0 Å². The Kier molecular flexibility index (Phi) is 5.14. The van der Waals surface area contributed by atoms with Gasteiger partial charge in [-0.15, -0.1) is 0 Å². The standard InChI is InChI=1S/C21H23N3O4/c25-19-7-2-10-24(19)17-5-1-4-16(14-17)22-20(26)15-8-11-23(12-9-15)21(27)18-6-3-13-28-18/h1,3-6,13-15H,2,7-12H2,(H,22,26). The fraction of sp³-hybridized carbons (Fsp3) is 0.381. The first kappa shape index (κ1) is 18.3. The number of nitrogens with one attached hydrogen (secondary N) is 1. The molecular formula is C21H23N3O4. The topological polar surface area (TPSA) is 82.9 Å². The maximum Gasteiger partial charge on any atom is 0.289 e. The first-order valence-corrected chi connectivity index (χ1v) is 9.66. The summed E-state index contributed by atoms with van der Waals surface area (Å²) >= 11 is 0. The monoisotopic (exact) mass is 381 g/mol. The van der Waals surface area contributed by atoms with E-state index in [1.54, 1.807) is 21.9 Å². The van der Waals surface area contributed by atoms with Crippen molar-refractivity contribution in [1.29, 1.82) is 0 Å². The number of amides is 3. The number of nitrogens with zero attached hydrogens (tertiary/aromatic N) is 2. The van der Waals surface area contributed by atoms with Crippen LogP contribution in [-0.2, 0) is 9.59 Å². The quantitative estimate of drug-likeness (QED) is 0.883. The zero-order valence-electron chi connectivity index (χ0n) is 15.6. The first-order valence-electron chi connectivity index (χ1n) is 9.66. The Hall–Kier alpha value is -3.09. The third kappa shape index (κ3) is 3.78. The van der Waals surface area contributed by atoms with Crippen LogP contribution in [0.15, 0.2) is 47.1 Å². The maximum absolute atomic E-state index is 12.7. The van der Waals surface area contributed by atoms with Crippen molar-refractivity contribution in [3.8, 4) is 0 Å². The molecule has 0 bridgehead atoms. The third-order valence-electron chi connectivity index (χ3n) is 5.38. The van der Waals surface area contributed by atoms with E-state index in [1.807, 2.05) is 24.3 Å². The molecule has 2 aliphatic heterocycles. The number of carbonyl (C=O) groups excluding carboxylic acids is 3. The summed E-state index contributed by atoms with van der Waals surface area (Å²) in [5.74, 6) is 0.132. The number of benzene rings is 1. The lowest BCUT2D eigenvalue weighted by molar-refractivity contribution is -0.121. The number of furan rings is 1. The van der Waals surface area contributed by atoms with E-state index in [0.717, 1.165) is 18.7 Å². The lowest BCUT2D eigenvalue weighted by Gasteiger charge is -2.30. The minimum Gasteiger partial charge on any atom is -0.459 e. The Labute approximate surface area is 163 Å². The predicted molar refractivity (Wildman–Crippen MR) is 104 cm³/mol. The number of anilines is 2. The van der Waals surface area contributed by atoms with Gasteiger partial charge in [0.15, 0.2) is 5.76 Å². The van der Waals surface area contributed by atoms with Gasteiger partial charge in [-0.25, -0.2) is 0 Å². The van der Waals surface area contributed by atoms with Crippen LogP contribution in [-0.4, -0.2) is 42.3 Å². The second-order valence-electron chi connectivity index (χ2n) is 7.23. The van der Waals surface area contributed by atoms with E-state index in [0.29, 0.717) is 43.8 Å². The summed E-state index contributed by atoms with van der Waals surface area (Å²) in [6.45, 7) is 1.78. The van der Waals surface area contributed by atoms with Crippen molar-refractivity contribution in [1.82, 2.24) is 4.90 Å². The molecule has 1 N–H and O–H groups in total. The van der Waals surface area contributed by atoms with E-state index in [2.05, 4.69) is 5.32 Å². The van der Waals surface area contributed by atoms with E-state index in [-0.39, 0.29) is 23.6 Å². The lowest BCUT2D eigenvalue weighted by Crippen LogP contribution is -2.41. The van der Waals surface area contributed by atoms with Crippen LogP contribution in [0.1, 0.15) is 36.2 Å². The highest BCUT2D eigenvalue weighted by molar-refractivity contribution is 5.97. The normalized spacial score (nSPS) is 17.8. The zero-order valence-corrected chi connectivity index (χ0v) is 15.6. The molecule has 7 heteroatoms. The average Bonchev–Trinajstić information content (AvgIpc) is 3.39. The zero-order chi connectivity index (χ0) is 19.5. The second-order valence-corrected chi connectivity index (χ2v) is 7.23. The number of hydrogen-bond donors (Lipinski definition) is 1. The smallest absolute Gasteiger partial charge is 0.289 e. The fourth-order valence-corrected chi connectivity index (χ4v) is 3.82. The maximum atomic E-state index is 12.7. The van der Waals surface area contributed by atoms with Gasteiger partial charge in [-0.2, -0.15) is 0 Å². The number of carbonyl (C=O) groups is 3. The fourth-order valence-electron chi connectivity index (χ4n) is 3.82. The van der Waals surface area contributed by atoms with Crippen LogP contribution in [0.25, 0.3) is 0 Å². The van der Waals surface area contributed by atoms with Crippen LogP contribution in [0, 0.1) is 5.92 Å². The van der Waals surface area contributed by atoms with E-state index in [4.69, 9.17) is 4.42 Å². The predicted octanol–water partition coefficient (Wildman–Crippen LogP) is 2.90. The van der Waals surface area contributed by atoms with Crippen molar-refractivity contribution in [3.05, 3.63) is 48.4 Å². The summed E-state index contributed by atoms with van der Waals surface area (Å²) in [4.78, 5) is 40.4. The molecule has 2 aliphatic rings. The van der Waals surface area contributed by atoms with Crippen molar-refractivity contribution in [2.75, 3.05) is 29.9 Å². The number of hydrogen-bond acceptors (Lipinski definition) is 4. The number of piperidine rings is 1. The SMILES string of the molecule is O=C(Nc1cccc(N2CCCC2=O)c1)C1CCN(C(=O)c2ccco2)CC1. The highest BCUT2D eigenvalue weighted by atomic mass is 16.3. The molecule has 2 fully saturated rings. The summed E-state index contributed by atoms with van der Waals surface area (Å²) in [6.07, 6.45) is 4.15. The average molecular weight is 381 g/mol. The molecule has 2 saturated heterocycles. The van der Waals surface area contributed by atoms with Gasteiger partial charge in [0.25, 0.3) is 5.91 Å². The van der Waals surface area contributed by atoms with Crippen LogP contribution in [0.4, 0.5) is 11.4 Å². The van der Waals surface area contributed by atoms with Crippen molar-refractivity contribution in [2.45, 2.75) is 25.7 Å². The number of rotatable bonds is 4. The van der Waals surface area contributed by atoms with Gasteiger partial charge >= 0.3 is 0 Å². The lowest BCUT2D eigenvalue weighted by atomic mass is 9.95. The molecule has 0 atom stereocenters. The Morgan fingerprint density at radius 3 is 2.57 bits per heavy atom. The van der Waals surface area contributed by atoms with Gasteiger partial charge in [0.1, 0.15) is 0 Å². The second kappa shape index (κ2) is 7.88. The van der Waals surface area contributed by atoms with Gasteiger partial charge in [-0.1, -0.05) is 6.07 Å². The van der Waals surface area contributed by atoms with Crippen LogP contribution in [0.3, 0.4) is 0 Å². The van der Waals surface area contributed by atoms with Gasteiger partial charge in [0.05, 0.1) is 6.26 Å². The molecule has 7 nitrogen and oxygen atoms in total. The summed E-state index contributed by atoms with van der Waals surface area (Å²) in [5.41, 5.74) is 1.51. The molecular weight excluding hydrogens is 358 g/mol. The minimum absolute atomic E-state index is 0.0463. The molecule has 3 amide bonds. The highest BCUT2D eigenvalue weighted by Crippen LogP contribution is 2.26. The van der Waals surface area contributed by atoms with Crippen LogP contribution >= 0.6 is 0 Å². The summed E-state index contributed by atoms with van der Waals surface area (Å²) in [7, 11) is 0. The molecule has 0 saturated carbocycles. The van der Waals surface area contributed by atoms with Crippen LogP contribution < -0.4 is 10.2 Å². The Morgan fingerprint density at radius 2 is 1.89 bits per heavy atom. The molecule has 1 aromatic heterocycles. The molecule has 0 aliphatic carbocycles. The molecule has 0 spiro atoms. The van der Waals surface area contributed by atoms with Crippen molar-refractivity contribution in [2.24, 2.45) is 5.92 Å². The van der Waals surface area contributed by atoms with Gasteiger partial charge < -0.3 is 19.5 Å². The summed E-state index contributed by atoms with van der Waals surface area (Å²) in [5, 5.41) is 2.96. The van der Waals surface area contributed by atoms with E-state index in [9.17, 15) is 14.4 Å². The Bertz CT molecular complexity index is 870. The van der Waals surface area contributed by atoms with E-state index in [1.165, 1.54) is 6.26 Å². The molecule has 28 heavy (non-hydrogen) atoms. The van der Waals surface area contributed by atoms with E-state index >= 15 is 0 Å². The van der Waals surface area contributed by atoms with Crippen molar-refractivity contribution < 1.29 is 18.8 Å². The molecule has 146 valence electrons. The third-order valence-corrected chi connectivity index (χ3v) is 5.38. The Morgan fingerprint density at radius 1 is 1.07 bits per heavy atom. The largest absolute Gasteiger partial charge is 0.459 e. The van der Waals surface area contributed by atoms with Crippen molar-refractivity contribution >= 4 is 29.1 Å². The highest BCUT2D eigenvalue weighted by Gasteiger charge is 2.29. The molecule has 4 rings (SSSR count). The summed E-state index contributed by atoms with van der Waals surface area (Å²) in [6, 6.07) is 10.8. The first-order chi connectivity index (χ1) is 13.6. The van der Waals surface area contributed by atoms with Crippen LogP contribution in [0.2, 0.25) is 0 Å². The van der Waals surface area contributed by atoms with E-state index < -0.39 is 0 Å². The van der Waals surface area contributed by atoms with Crippen LogP contribution in [0.5, 0.6) is 0 Å². The number of likely N-dealkylation sites (tertiary alicyclic amines) is 1. The molecule has 3 heterocycles. The molecule has 0 unspecified atom stereocenters. The minimum atomic E-state index is -0.141. The van der Waals surface area contributed by atoms with Gasteiger partial charge in [-0.3, -0.25) is 14.4 Å². The Balaban J connectivity index is 1.34. The summed E-state index contributed by atoms with van der Waals surface area (Å²) < 4.78 is 5.16. The molecule has 2 aromatic rings. The van der Waals surface area contributed by atoms with Gasteiger partial charge in [-0.05, 0) is 49.6 Å². The molecule has 0 radical (unpaired) electrons. The van der Waals surface area contributed by atoms with Gasteiger partial charge in [0, 0.05) is 43.3 Å². The molecule has 1 aromatic carbocycles.